The fourth-order valence-electron chi connectivity index (χ4n) is 3.60. The molecular weight excluding hydrogens is 352 g/mol. The summed E-state index contributed by atoms with van der Waals surface area (Å²) in [4.78, 5) is 32.0. The van der Waals surface area contributed by atoms with E-state index in [9.17, 15) is 4.79 Å². The maximum Gasteiger partial charge on any atom is 0.266 e. The third kappa shape index (κ3) is 2.72. The lowest BCUT2D eigenvalue weighted by Crippen LogP contribution is -2.41. The molecular formula is C21H20N6O. The second-order valence-corrected chi connectivity index (χ2v) is 6.89. The number of nitrogens with two attached hydrogens (primary N) is 1. The molecule has 28 heavy (non-hydrogen) atoms. The Morgan fingerprint density at radius 1 is 0.964 bits per heavy atom. The minimum atomic E-state index is -1.25. The minimum absolute atomic E-state index is 0.186. The monoisotopic (exact) mass is 372 g/mol. The molecule has 1 aromatic carbocycles. The summed E-state index contributed by atoms with van der Waals surface area (Å²) in [6.45, 7) is 3.80. The number of benzene rings is 1. The smallest absolute Gasteiger partial charge is 0.266 e. The second-order valence-electron chi connectivity index (χ2n) is 6.89. The van der Waals surface area contributed by atoms with Crippen LogP contribution in [-0.4, -0.2) is 38.8 Å². The van der Waals surface area contributed by atoms with Crippen LogP contribution in [0.2, 0.25) is 0 Å². The first-order valence-electron chi connectivity index (χ1n) is 8.87. The molecule has 4 rings (SSSR count). The first-order chi connectivity index (χ1) is 13.4. The van der Waals surface area contributed by atoms with Crippen molar-refractivity contribution in [1.29, 1.82) is 0 Å². The molecule has 1 amide bonds. The molecule has 0 spiro atoms. The van der Waals surface area contributed by atoms with Gasteiger partial charge in [-0.1, -0.05) is 18.2 Å². The fourth-order valence-corrected chi connectivity index (χ4v) is 3.60. The highest BCUT2D eigenvalue weighted by molar-refractivity contribution is 6.09. The van der Waals surface area contributed by atoms with Crippen molar-refractivity contribution in [3.63, 3.8) is 0 Å². The lowest BCUT2D eigenvalue weighted by Gasteiger charge is -2.27. The number of aromatic nitrogens is 3. The van der Waals surface area contributed by atoms with Crippen molar-refractivity contribution in [1.82, 2.24) is 19.9 Å². The standard InChI is InChI=1S/C21H20N6O/c1-13-7-18(8-14(2)25-13)21(19(28)27(3)20(22)26-21)17-6-4-5-15(9-17)16-10-23-12-24-11-16/h4-12H,1-3H3,(H2,22,26). The summed E-state index contributed by atoms with van der Waals surface area (Å²) in [6.07, 6.45) is 4.96. The Kier molecular flexibility index (Phi) is 4.15. The number of guanidine groups is 1. The number of nitrogens with zero attached hydrogens (tertiary/aromatic N) is 5. The number of carbonyl (C=O) groups excluding carboxylic acids is 1. The number of amides is 1. The highest BCUT2D eigenvalue weighted by atomic mass is 16.2. The van der Waals surface area contributed by atoms with Crippen molar-refractivity contribution in [3.8, 4) is 11.1 Å². The number of carbonyl (C=O) groups is 1. The van der Waals surface area contributed by atoms with Crippen molar-refractivity contribution >= 4 is 11.9 Å². The Morgan fingerprint density at radius 3 is 2.25 bits per heavy atom. The zero-order valence-electron chi connectivity index (χ0n) is 15.9. The molecule has 7 heteroatoms. The van der Waals surface area contributed by atoms with Crippen molar-refractivity contribution in [2.24, 2.45) is 10.7 Å². The van der Waals surface area contributed by atoms with E-state index in [-0.39, 0.29) is 11.9 Å². The molecule has 1 atom stereocenters. The van der Waals surface area contributed by atoms with E-state index in [1.54, 1.807) is 19.4 Å². The van der Waals surface area contributed by atoms with Crippen LogP contribution < -0.4 is 5.73 Å². The van der Waals surface area contributed by atoms with Gasteiger partial charge in [0.1, 0.15) is 6.33 Å². The van der Waals surface area contributed by atoms with Gasteiger partial charge in [0.25, 0.3) is 5.91 Å². The molecule has 7 nitrogen and oxygen atoms in total. The van der Waals surface area contributed by atoms with E-state index in [0.29, 0.717) is 0 Å². The van der Waals surface area contributed by atoms with E-state index in [2.05, 4.69) is 19.9 Å². The van der Waals surface area contributed by atoms with Crippen molar-refractivity contribution in [2.45, 2.75) is 19.4 Å². The van der Waals surface area contributed by atoms with Crippen LogP contribution in [0.25, 0.3) is 11.1 Å². The van der Waals surface area contributed by atoms with Crippen LogP contribution in [0.4, 0.5) is 0 Å². The summed E-state index contributed by atoms with van der Waals surface area (Å²) in [7, 11) is 1.64. The first kappa shape index (κ1) is 17.8. The van der Waals surface area contributed by atoms with E-state index in [1.807, 2.05) is 50.2 Å². The van der Waals surface area contributed by atoms with Crippen molar-refractivity contribution < 1.29 is 4.79 Å². The summed E-state index contributed by atoms with van der Waals surface area (Å²) < 4.78 is 0. The van der Waals surface area contributed by atoms with Crippen LogP contribution in [0.3, 0.4) is 0 Å². The molecule has 0 aliphatic carbocycles. The second kappa shape index (κ2) is 6.53. The predicted molar refractivity (Wildman–Crippen MR) is 106 cm³/mol. The van der Waals surface area contributed by atoms with Crippen molar-refractivity contribution in [2.75, 3.05) is 7.05 Å². The molecule has 0 bridgehead atoms. The molecule has 3 heterocycles. The van der Waals surface area contributed by atoms with Crippen LogP contribution in [-0.2, 0) is 10.3 Å². The normalized spacial score (nSPS) is 19.0. The summed E-state index contributed by atoms with van der Waals surface area (Å²) in [6, 6.07) is 11.5. The largest absolute Gasteiger partial charge is 0.369 e. The molecule has 0 fully saturated rings. The van der Waals surface area contributed by atoms with Crippen LogP contribution in [0.1, 0.15) is 22.5 Å². The molecule has 140 valence electrons. The van der Waals surface area contributed by atoms with Gasteiger partial charge >= 0.3 is 0 Å². The molecule has 0 saturated carbocycles. The summed E-state index contributed by atoms with van der Waals surface area (Å²) in [5.74, 6) is -0.0120. The lowest BCUT2D eigenvalue weighted by molar-refractivity contribution is -0.129. The number of likely N-dealkylation sites (N-methyl/N-ethyl adjacent to an activating group) is 1. The van der Waals surface area contributed by atoms with E-state index in [4.69, 9.17) is 5.73 Å². The van der Waals surface area contributed by atoms with Gasteiger partial charge in [-0.25, -0.2) is 15.0 Å². The van der Waals surface area contributed by atoms with Gasteiger partial charge in [-0.05, 0) is 48.7 Å². The SMILES string of the molecule is Cc1cc(C2(c3cccc(-c4cncnc4)c3)N=C(N)N(C)C2=O)cc(C)n1. The number of hydrogen-bond acceptors (Lipinski definition) is 6. The van der Waals surface area contributed by atoms with Gasteiger partial charge < -0.3 is 5.73 Å². The molecule has 1 aliphatic heterocycles. The zero-order chi connectivity index (χ0) is 19.9. The summed E-state index contributed by atoms with van der Waals surface area (Å²) in [5.41, 5.74) is 9.69. The van der Waals surface area contributed by atoms with Crippen LogP contribution in [0.15, 0.2) is 60.1 Å². The van der Waals surface area contributed by atoms with Gasteiger partial charge in [0.15, 0.2) is 11.5 Å². The topological polar surface area (TPSA) is 97.4 Å². The molecule has 3 aromatic rings. The number of hydrogen-bond donors (Lipinski definition) is 1. The molecule has 1 unspecified atom stereocenters. The number of aliphatic imine (C=N–C) groups is 1. The van der Waals surface area contributed by atoms with Crippen molar-refractivity contribution in [3.05, 3.63) is 77.6 Å². The maximum absolute atomic E-state index is 13.4. The van der Waals surface area contributed by atoms with Gasteiger partial charge in [-0.3, -0.25) is 14.7 Å². The number of pyridine rings is 1. The van der Waals surface area contributed by atoms with Gasteiger partial charge in [-0.2, -0.15) is 0 Å². The Hall–Kier alpha value is -3.61. The van der Waals surface area contributed by atoms with Crippen LogP contribution in [0, 0.1) is 13.8 Å². The van der Waals surface area contributed by atoms with Gasteiger partial charge in [0.2, 0.25) is 0 Å². The molecule has 2 N–H and O–H groups in total. The minimum Gasteiger partial charge on any atom is -0.369 e. The van der Waals surface area contributed by atoms with E-state index >= 15 is 0 Å². The highest BCUT2D eigenvalue weighted by Gasteiger charge is 2.49. The molecule has 0 radical (unpaired) electrons. The van der Waals surface area contributed by atoms with E-state index in [0.717, 1.165) is 33.6 Å². The zero-order valence-corrected chi connectivity index (χ0v) is 15.9. The summed E-state index contributed by atoms with van der Waals surface area (Å²) >= 11 is 0. The summed E-state index contributed by atoms with van der Waals surface area (Å²) in [5, 5.41) is 0. The van der Waals surface area contributed by atoms with E-state index < -0.39 is 5.54 Å². The quantitative estimate of drug-likeness (QED) is 0.760. The van der Waals surface area contributed by atoms with Gasteiger partial charge in [-0.15, -0.1) is 0 Å². The Labute approximate surface area is 163 Å². The average molecular weight is 372 g/mol. The fraction of sp³-hybridized carbons (Fsp3) is 0.190. The Morgan fingerprint density at radius 2 is 1.64 bits per heavy atom. The Balaban J connectivity index is 1.97. The van der Waals surface area contributed by atoms with Crippen LogP contribution in [0.5, 0.6) is 0 Å². The number of aryl methyl sites for hydroxylation is 2. The van der Waals surface area contributed by atoms with Gasteiger partial charge in [0, 0.05) is 36.4 Å². The lowest BCUT2D eigenvalue weighted by atomic mass is 9.81. The first-order valence-corrected chi connectivity index (χ1v) is 8.87. The predicted octanol–water partition coefficient (Wildman–Crippen LogP) is 2.19. The molecule has 0 saturated heterocycles. The number of rotatable bonds is 3. The highest BCUT2D eigenvalue weighted by Crippen LogP contribution is 2.40. The third-order valence-corrected chi connectivity index (χ3v) is 4.91. The van der Waals surface area contributed by atoms with E-state index in [1.165, 1.54) is 11.2 Å². The van der Waals surface area contributed by atoms with Crippen LogP contribution >= 0.6 is 0 Å². The molecule has 2 aromatic heterocycles. The maximum atomic E-state index is 13.4. The Bertz CT molecular complexity index is 1070. The van der Waals surface area contributed by atoms with Gasteiger partial charge in [0.05, 0.1) is 0 Å². The average Bonchev–Trinajstić information content (AvgIpc) is 2.93. The molecule has 1 aliphatic rings. The third-order valence-electron chi connectivity index (χ3n) is 4.91.